The van der Waals surface area contributed by atoms with Crippen molar-refractivity contribution >= 4 is 28.4 Å². The first-order valence-electron chi connectivity index (χ1n) is 6.38. The third-order valence-electron chi connectivity index (χ3n) is 3.29. The second-order valence-corrected chi connectivity index (χ2v) is 5.04. The van der Waals surface area contributed by atoms with Gasteiger partial charge in [0.2, 0.25) is 0 Å². The van der Waals surface area contributed by atoms with Crippen LogP contribution in [0.25, 0.3) is 10.9 Å². The van der Waals surface area contributed by atoms with E-state index in [-0.39, 0.29) is 5.91 Å². The van der Waals surface area contributed by atoms with E-state index in [0.717, 1.165) is 16.6 Å². The number of carbonyl (C=O) groups is 1. The Morgan fingerprint density at radius 1 is 1.29 bits per heavy atom. The van der Waals surface area contributed by atoms with Gasteiger partial charge in [-0.25, -0.2) is 5.84 Å². The lowest BCUT2D eigenvalue weighted by Crippen LogP contribution is -2.30. The second kappa shape index (κ2) is 5.55. The maximum atomic E-state index is 11.4. The molecule has 0 aliphatic rings. The van der Waals surface area contributed by atoms with Gasteiger partial charge in [0, 0.05) is 17.8 Å². The number of halogens is 1. The molecule has 6 heteroatoms. The maximum absolute atomic E-state index is 11.4. The van der Waals surface area contributed by atoms with E-state index in [4.69, 9.17) is 17.4 Å². The Morgan fingerprint density at radius 2 is 2.14 bits per heavy atom. The van der Waals surface area contributed by atoms with Crippen molar-refractivity contribution in [2.75, 3.05) is 0 Å². The van der Waals surface area contributed by atoms with Crippen LogP contribution < -0.4 is 11.3 Å². The predicted molar refractivity (Wildman–Crippen MR) is 81.9 cm³/mol. The monoisotopic (exact) mass is 300 g/mol. The fourth-order valence-electron chi connectivity index (χ4n) is 2.26. The summed E-state index contributed by atoms with van der Waals surface area (Å²) in [5, 5.41) is 1.79. The lowest BCUT2D eigenvalue weighted by Gasteiger charge is -2.07. The lowest BCUT2D eigenvalue weighted by molar-refractivity contribution is 0.0953. The molecule has 0 aliphatic heterocycles. The summed E-state index contributed by atoms with van der Waals surface area (Å²) in [4.78, 5) is 15.6. The van der Waals surface area contributed by atoms with Crippen molar-refractivity contribution < 1.29 is 4.79 Å². The van der Waals surface area contributed by atoms with Crippen molar-refractivity contribution in [1.29, 1.82) is 0 Å². The number of hydrogen-bond donors (Lipinski definition) is 2. The number of nitrogen functional groups attached to an aromatic ring is 1. The molecule has 0 bridgehead atoms. The molecule has 5 nitrogen and oxygen atoms in total. The number of nitrogens with two attached hydrogens (primary N) is 1. The SMILES string of the molecule is NNC(=O)c1ccc(Cn2ccc3cccc(Cl)c32)nc1. The Labute approximate surface area is 126 Å². The zero-order valence-corrected chi connectivity index (χ0v) is 11.8. The van der Waals surface area contributed by atoms with Gasteiger partial charge >= 0.3 is 0 Å². The van der Waals surface area contributed by atoms with Gasteiger partial charge in [-0.05, 0) is 24.3 Å². The van der Waals surface area contributed by atoms with Crippen LogP contribution in [-0.2, 0) is 6.54 Å². The zero-order chi connectivity index (χ0) is 14.8. The smallest absolute Gasteiger partial charge is 0.266 e. The molecule has 3 N–H and O–H groups in total. The van der Waals surface area contributed by atoms with Gasteiger partial charge in [0.05, 0.1) is 28.3 Å². The first-order chi connectivity index (χ1) is 10.2. The zero-order valence-electron chi connectivity index (χ0n) is 11.1. The van der Waals surface area contributed by atoms with Crippen molar-refractivity contribution in [3.8, 4) is 0 Å². The van der Waals surface area contributed by atoms with Gasteiger partial charge in [0.15, 0.2) is 0 Å². The molecular weight excluding hydrogens is 288 g/mol. The number of hydrazine groups is 1. The van der Waals surface area contributed by atoms with E-state index in [9.17, 15) is 4.79 Å². The number of carbonyl (C=O) groups excluding carboxylic acids is 1. The number of hydrogen-bond acceptors (Lipinski definition) is 3. The predicted octanol–water partition coefficient (Wildman–Crippen LogP) is 2.34. The summed E-state index contributed by atoms with van der Waals surface area (Å²) in [6.07, 6.45) is 3.48. The number of para-hydroxylation sites is 1. The van der Waals surface area contributed by atoms with Crippen molar-refractivity contribution in [3.05, 3.63) is 65.1 Å². The standard InChI is InChI=1S/C15H13ClN4O/c16-13-3-1-2-10-6-7-20(14(10)13)9-12-5-4-11(8-18-12)15(21)19-17/h1-8H,9,17H2,(H,19,21). The second-order valence-electron chi connectivity index (χ2n) is 4.63. The van der Waals surface area contributed by atoms with E-state index >= 15 is 0 Å². The van der Waals surface area contributed by atoms with Crippen LogP contribution in [0.1, 0.15) is 16.1 Å². The Hall–Kier alpha value is -2.37. The molecule has 0 atom stereocenters. The molecule has 3 rings (SSSR count). The van der Waals surface area contributed by atoms with Crippen LogP contribution in [0.4, 0.5) is 0 Å². The average Bonchev–Trinajstić information content (AvgIpc) is 2.92. The summed E-state index contributed by atoms with van der Waals surface area (Å²) in [5.41, 5.74) is 4.31. The molecular formula is C15H13ClN4O. The molecule has 1 amide bonds. The molecule has 106 valence electrons. The normalized spacial score (nSPS) is 10.8. The van der Waals surface area contributed by atoms with Crippen LogP contribution in [0, 0.1) is 0 Å². The van der Waals surface area contributed by atoms with Gasteiger partial charge in [0.25, 0.3) is 5.91 Å². The molecule has 0 saturated carbocycles. The Bertz CT molecular complexity index is 795. The molecule has 2 heterocycles. The minimum absolute atomic E-state index is 0.358. The Kier molecular flexibility index (Phi) is 3.60. The van der Waals surface area contributed by atoms with Gasteiger partial charge in [0.1, 0.15) is 0 Å². The Balaban J connectivity index is 1.90. The van der Waals surface area contributed by atoms with Gasteiger partial charge in [-0.1, -0.05) is 23.7 Å². The van der Waals surface area contributed by atoms with Gasteiger partial charge in [-0.2, -0.15) is 0 Å². The van der Waals surface area contributed by atoms with Gasteiger partial charge < -0.3 is 4.57 Å². The van der Waals surface area contributed by atoms with Gasteiger partial charge in [-0.15, -0.1) is 0 Å². The molecule has 3 aromatic rings. The van der Waals surface area contributed by atoms with Crippen LogP contribution in [0.15, 0.2) is 48.8 Å². The highest BCUT2D eigenvalue weighted by Gasteiger charge is 2.07. The largest absolute Gasteiger partial charge is 0.340 e. The van der Waals surface area contributed by atoms with E-state index < -0.39 is 0 Å². The molecule has 2 aromatic heterocycles. The van der Waals surface area contributed by atoms with Crippen molar-refractivity contribution in [1.82, 2.24) is 15.0 Å². The maximum Gasteiger partial charge on any atom is 0.266 e. The van der Waals surface area contributed by atoms with E-state index in [1.807, 2.05) is 35.0 Å². The first-order valence-corrected chi connectivity index (χ1v) is 6.76. The molecule has 0 aliphatic carbocycles. The summed E-state index contributed by atoms with van der Waals surface area (Å²) in [6, 6.07) is 11.3. The number of rotatable bonds is 3. The summed E-state index contributed by atoms with van der Waals surface area (Å²) in [5.74, 6) is 4.73. The highest BCUT2D eigenvalue weighted by atomic mass is 35.5. The number of nitrogens with one attached hydrogen (secondary N) is 1. The van der Waals surface area contributed by atoms with Crippen molar-refractivity contribution in [2.24, 2.45) is 5.84 Å². The van der Waals surface area contributed by atoms with Crippen molar-refractivity contribution in [2.45, 2.75) is 6.54 Å². The number of amides is 1. The molecule has 0 saturated heterocycles. The molecule has 21 heavy (non-hydrogen) atoms. The highest BCUT2D eigenvalue weighted by Crippen LogP contribution is 2.24. The summed E-state index contributed by atoms with van der Waals surface area (Å²) in [6.45, 7) is 0.581. The minimum atomic E-state index is -0.358. The minimum Gasteiger partial charge on any atom is -0.340 e. The summed E-state index contributed by atoms with van der Waals surface area (Å²) < 4.78 is 2.03. The number of aromatic nitrogens is 2. The molecule has 0 spiro atoms. The van der Waals surface area contributed by atoms with E-state index in [1.54, 1.807) is 12.1 Å². The fraction of sp³-hybridized carbons (Fsp3) is 0.0667. The van der Waals surface area contributed by atoms with E-state index in [0.29, 0.717) is 17.1 Å². The first kappa shape index (κ1) is 13.6. The highest BCUT2D eigenvalue weighted by molar-refractivity contribution is 6.35. The fourth-order valence-corrected chi connectivity index (χ4v) is 2.55. The third kappa shape index (κ3) is 2.61. The molecule has 0 unspecified atom stereocenters. The van der Waals surface area contributed by atoms with Crippen LogP contribution in [-0.4, -0.2) is 15.5 Å². The third-order valence-corrected chi connectivity index (χ3v) is 3.59. The number of fused-ring (bicyclic) bond motifs is 1. The van der Waals surface area contributed by atoms with Crippen LogP contribution in [0.2, 0.25) is 5.02 Å². The number of pyridine rings is 1. The van der Waals surface area contributed by atoms with Crippen LogP contribution in [0.5, 0.6) is 0 Å². The van der Waals surface area contributed by atoms with Crippen LogP contribution in [0.3, 0.4) is 0 Å². The quantitative estimate of drug-likeness (QED) is 0.443. The van der Waals surface area contributed by atoms with E-state index in [1.165, 1.54) is 6.20 Å². The number of benzene rings is 1. The van der Waals surface area contributed by atoms with Gasteiger partial charge in [-0.3, -0.25) is 15.2 Å². The Morgan fingerprint density at radius 3 is 2.86 bits per heavy atom. The molecule has 1 aromatic carbocycles. The topological polar surface area (TPSA) is 72.9 Å². The average molecular weight is 301 g/mol. The van der Waals surface area contributed by atoms with Crippen LogP contribution >= 0.6 is 11.6 Å². The molecule has 0 fully saturated rings. The van der Waals surface area contributed by atoms with Crippen molar-refractivity contribution in [3.63, 3.8) is 0 Å². The summed E-state index contributed by atoms with van der Waals surface area (Å²) >= 11 is 6.25. The molecule has 0 radical (unpaired) electrons. The summed E-state index contributed by atoms with van der Waals surface area (Å²) in [7, 11) is 0. The lowest BCUT2D eigenvalue weighted by atomic mass is 10.2. The van der Waals surface area contributed by atoms with E-state index in [2.05, 4.69) is 10.4 Å². The number of nitrogens with zero attached hydrogens (tertiary/aromatic N) is 2.